The maximum absolute atomic E-state index is 13.1. The SMILES string of the molecule is Cc1cccc(NC(C)C(=O)Nc2ccc(F)c(F)c2)c1. The molecular weight excluding hydrogens is 274 g/mol. The van der Waals surface area contributed by atoms with E-state index >= 15 is 0 Å². The summed E-state index contributed by atoms with van der Waals surface area (Å²) in [5, 5.41) is 5.59. The highest BCUT2D eigenvalue weighted by atomic mass is 19.2. The topological polar surface area (TPSA) is 41.1 Å². The van der Waals surface area contributed by atoms with Crippen LogP contribution in [0.5, 0.6) is 0 Å². The quantitative estimate of drug-likeness (QED) is 0.901. The van der Waals surface area contributed by atoms with Gasteiger partial charge >= 0.3 is 0 Å². The van der Waals surface area contributed by atoms with Crippen LogP contribution in [0.15, 0.2) is 42.5 Å². The Kier molecular flexibility index (Phi) is 4.52. The molecular formula is C16H16F2N2O. The van der Waals surface area contributed by atoms with E-state index in [-0.39, 0.29) is 11.6 Å². The van der Waals surface area contributed by atoms with Gasteiger partial charge in [-0.1, -0.05) is 12.1 Å². The molecule has 2 rings (SSSR count). The zero-order chi connectivity index (χ0) is 15.4. The monoisotopic (exact) mass is 290 g/mol. The molecule has 1 unspecified atom stereocenters. The summed E-state index contributed by atoms with van der Waals surface area (Å²) in [4.78, 5) is 12.0. The largest absolute Gasteiger partial charge is 0.374 e. The molecule has 0 heterocycles. The van der Waals surface area contributed by atoms with Crippen molar-refractivity contribution in [1.82, 2.24) is 0 Å². The minimum Gasteiger partial charge on any atom is -0.374 e. The lowest BCUT2D eigenvalue weighted by atomic mass is 10.2. The van der Waals surface area contributed by atoms with Gasteiger partial charge in [-0.3, -0.25) is 4.79 Å². The Labute approximate surface area is 122 Å². The van der Waals surface area contributed by atoms with Crippen LogP contribution in [0, 0.1) is 18.6 Å². The lowest BCUT2D eigenvalue weighted by molar-refractivity contribution is -0.116. The second-order valence-corrected chi connectivity index (χ2v) is 4.85. The first kappa shape index (κ1) is 15.0. The Morgan fingerprint density at radius 2 is 1.81 bits per heavy atom. The zero-order valence-corrected chi connectivity index (χ0v) is 11.8. The van der Waals surface area contributed by atoms with E-state index in [4.69, 9.17) is 0 Å². The minimum absolute atomic E-state index is 0.219. The first-order valence-corrected chi connectivity index (χ1v) is 6.55. The van der Waals surface area contributed by atoms with Crippen molar-refractivity contribution < 1.29 is 13.6 Å². The summed E-state index contributed by atoms with van der Waals surface area (Å²) in [5.41, 5.74) is 2.12. The van der Waals surface area contributed by atoms with E-state index in [0.29, 0.717) is 0 Å². The number of rotatable bonds is 4. The molecule has 0 bridgehead atoms. The van der Waals surface area contributed by atoms with Crippen molar-refractivity contribution in [2.45, 2.75) is 19.9 Å². The van der Waals surface area contributed by atoms with E-state index < -0.39 is 17.7 Å². The number of hydrogen-bond donors (Lipinski definition) is 2. The van der Waals surface area contributed by atoms with Crippen LogP contribution in [0.3, 0.4) is 0 Å². The number of benzene rings is 2. The van der Waals surface area contributed by atoms with Gasteiger partial charge in [0.2, 0.25) is 5.91 Å². The molecule has 0 aromatic heterocycles. The number of anilines is 2. The molecule has 5 heteroatoms. The predicted octanol–water partition coefficient (Wildman–Crippen LogP) is 3.71. The predicted molar refractivity (Wildman–Crippen MR) is 79.3 cm³/mol. The van der Waals surface area contributed by atoms with Crippen LogP contribution >= 0.6 is 0 Å². The van der Waals surface area contributed by atoms with Gasteiger partial charge in [-0.25, -0.2) is 8.78 Å². The number of carbonyl (C=O) groups excluding carboxylic acids is 1. The Balaban J connectivity index is 2.00. The Bertz CT molecular complexity index is 658. The fourth-order valence-electron chi connectivity index (χ4n) is 1.87. The van der Waals surface area contributed by atoms with Gasteiger partial charge in [-0.05, 0) is 43.7 Å². The number of nitrogens with one attached hydrogen (secondary N) is 2. The van der Waals surface area contributed by atoms with Crippen LogP contribution < -0.4 is 10.6 Å². The fourth-order valence-corrected chi connectivity index (χ4v) is 1.87. The second kappa shape index (κ2) is 6.35. The smallest absolute Gasteiger partial charge is 0.246 e. The van der Waals surface area contributed by atoms with Crippen molar-refractivity contribution in [1.29, 1.82) is 0 Å². The lowest BCUT2D eigenvalue weighted by Gasteiger charge is -2.15. The van der Waals surface area contributed by atoms with Crippen molar-refractivity contribution in [3.8, 4) is 0 Å². The summed E-state index contributed by atoms with van der Waals surface area (Å²) in [6.45, 7) is 3.65. The maximum atomic E-state index is 13.1. The molecule has 2 aromatic carbocycles. The molecule has 0 aliphatic carbocycles. The summed E-state index contributed by atoms with van der Waals surface area (Å²) >= 11 is 0. The number of amides is 1. The molecule has 2 aromatic rings. The first-order valence-electron chi connectivity index (χ1n) is 6.55. The molecule has 0 aliphatic heterocycles. The third-order valence-corrected chi connectivity index (χ3v) is 2.98. The van der Waals surface area contributed by atoms with E-state index in [1.165, 1.54) is 6.07 Å². The molecule has 0 spiro atoms. The summed E-state index contributed by atoms with van der Waals surface area (Å²) in [6, 6.07) is 10.3. The van der Waals surface area contributed by atoms with Crippen LogP contribution in [-0.2, 0) is 4.79 Å². The fraction of sp³-hybridized carbons (Fsp3) is 0.188. The molecule has 0 saturated heterocycles. The van der Waals surface area contributed by atoms with Crippen molar-refractivity contribution in [3.63, 3.8) is 0 Å². The summed E-state index contributed by atoms with van der Waals surface area (Å²) in [6.07, 6.45) is 0. The van der Waals surface area contributed by atoms with Crippen molar-refractivity contribution in [2.24, 2.45) is 0 Å². The van der Waals surface area contributed by atoms with E-state index in [2.05, 4.69) is 10.6 Å². The normalized spacial score (nSPS) is 11.8. The molecule has 0 saturated carbocycles. The van der Waals surface area contributed by atoms with Gasteiger partial charge in [-0.15, -0.1) is 0 Å². The Morgan fingerprint density at radius 1 is 1.05 bits per heavy atom. The first-order chi connectivity index (χ1) is 9.95. The van der Waals surface area contributed by atoms with E-state index in [9.17, 15) is 13.6 Å². The number of hydrogen-bond acceptors (Lipinski definition) is 2. The van der Waals surface area contributed by atoms with Gasteiger partial charge < -0.3 is 10.6 Å². The molecule has 0 fully saturated rings. The van der Waals surface area contributed by atoms with Crippen molar-refractivity contribution in [3.05, 3.63) is 59.7 Å². The van der Waals surface area contributed by atoms with Crippen molar-refractivity contribution in [2.75, 3.05) is 10.6 Å². The molecule has 110 valence electrons. The van der Waals surface area contributed by atoms with Gasteiger partial charge in [0.05, 0.1) is 0 Å². The Morgan fingerprint density at radius 3 is 2.48 bits per heavy atom. The third-order valence-electron chi connectivity index (χ3n) is 2.98. The average Bonchev–Trinajstić information content (AvgIpc) is 2.43. The molecule has 0 aliphatic rings. The molecule has 2 N–H and O–H groups in total. The lowest BCUT2D eigenvalue weighted by Crippen LogP contribution is -2.31. The van der Waals surface area contributed by atoms with Crippen LogP contribution in [-0.4, -0.2) is 11.9 Å². The third kappa shape index (κ3) is 4.02. The van der Waals surface area contributed by atoms with Gasteiger partial charge in [0.1, 0.15) is 6.04 Å². The van der Waals surface area contributed by atoms with E-state index in [1.54, 1.807) is 6.92 Å². The number of halogens is 2. The molecule has 1 atom stereocenters. The number of carbonyl (C=O) groups is 1. The van der Waals surface area contributed by atoms with Crippen LogP contribution in [0.1, 0.15) is 12.5 Å². The minimum atomic E-state index is -0.993. The highest BCUT2D eigenvalue weighted by Gasteiger charge is 2.13. The summed E-state index contributed by atoms with van der Waals surface area (Å²) < 4.78 is 25.9. The van der Waals surface area contributed by atoms with Crippen molar-refractivity contribution >= 4 is 17.3 Å². The van der Waals surface area contributed by atoms with Crippen LogP contribution in [0.25, 0.3) is 0 Å². The van der Waals surface area contributed by atoms with E-state index in [0.717, 1.165) is 23.4 Å². The summed E-state index contributed by atoms with van der Waals surface area (Å²) in [5.74, 6) is -2.27. The van der Waals surface area contributed by atoms with Gasteiger partial charge in [-0.2, -0.15) is 0 Å². The Hall–Kier alpha value is -2.43. The number of aryl methyl sites for hydroxylation is 1. The maximum Gasteiger partial charge on any atom is 0.246 e. The zero-order valence-electron chi connectivity index (χ0n) is 11.8. The van der Waals surface area contributed by atoms with Crippen LogP contribution in [0.2, 0.25) is 0 Å². The molecule has 0 radical (unpaired) electrons. The molecule has 1 amide bonds. The second-order valence-electron chi connectivity index (χ2n) is 4.85. The standard InChI is InChI=1S/C16H16F2N2O/c1-10-4-3-5-12(8-10)19-11(2)16(21)20-13-6-7-14(17)15(18)9-13/h3-9,11,19H,1-2H3,(H,20,21). The van der Waals surface area contributed by atoms with Gasteiger partial charge in [0.25, 0.3) is 0 Å². The highest BCUT2D eigenvalue weighted by molar-refractivity contribution is 5.96. The van der Waals surface area contributed by atoms with Gasteiger partial charge in [0, 0.05) is 17.4 Å². The summed E-state index contributed by atoms with van der Waals surface area (Å²) in [7, 11) is 0. The highest BCUT2D eigenvalue weighted by Crippen LogP contribution is 2.15. The van der Waals surface area contributed by atoms with Crippen LogP contribution in [0.4, 0.5) is 20.2 Å². The van der Waals surface area contributed by atoms with E-state index in [1.807, 2.05) is 31.2 Å². The molecule has 21 heavy (non-hydrogen) atoms. The van der Waals surface area contributed by atoms with Gasteiger partial charge in [0.15, 0.2) is 11.6 Å². The molecule has 3 nitrogen and oxygen atoms in total. The average molecular weight is 290 g/mol.